The molecule has 2 aliphatic heterocycles. The van der Waals surface area contributed by atoms with E-state index >= 15 is 0 Å². The number of amides is 3. The molecule has 2 heterocycles. The van der Waals surface area contributed by atoms with E-state index in [0.717, 1.165) is 12.0 Å². The quantitative estimate of drug-likeness (QED) is 0.897. The van der Waals surface area contributed by atoms with Gasteiger partial charge in [-0.25, -0.2) is 0 Å². The number of nitrogens with zero attached hydrogens (tertiary/aromatic N) is 2. The second-order valence-electron chi connectivity index (χ2n) is 6.52. The van der Waals surface area contributed by atoms with Gasteiger partial charge in [-0.15, -0.1) is 0 Å². The van der Waals surface area contributed by atoms with E-state index in [1.54, 1.807) is 15.9 Å². The van der Waals surface area contributed by atoms with Crippen molar-refractivity contribution in [1.29, 1.82) is 0 Å². The summed E-state index contributed by atoms with van der Waals surface area (Å²) in [5.41, 5.74) is 1.64. The van der Waals surface area contributed by atoms with Gasteiger partial charge in [-0.1, -0.05) is 31.0 Å². The van der Waals surface area contributed by atoms with Gasteiger partial charge in [0, 0.05) is 18.7 Å². The molecule has 128 valence electrons. The van der Waals surface area contributed by atoms with Crippen LogP contribution in [0.25, 0.3) is 0 Å². The zero-order valence-electron chi connectivity index (χ0n) is 14.1. The van der Waals surface area contributed by atoms with E-state index in [-0.39, 0.29) is 24.3 Å². The van der Waals surface area contributed by atoms with Gasteiger partial charge in [0.2, 0.25) is 11.8 Å². The van der Waals surface area contributed by atoms with E-state index in [1.165, 1.54) is 0 Å². The lowest BCUT2D eigenvalue weighted by molar-refractivity contribution is -0.152. The highest BCUT2D eigenvalue weighted by atomic mass is 16.2. The highest BCUT2D eigenvalue weighted by Gasteiger charge is 2.43. The van der Waals surface area contributed by atoms with Gasteiger partial charge in [0.25, 0.3) is 5.91 Å². The van der Waals surface area contributed by atoms with E-state index in [4.69, 9.17) is 0 Å². The molecule has 0 bridgehead atoms. The second kappa shape index (κ2) is 6.63. The van der Waals surface area contributed by atoms with E-state index in [9.17, 15) is 14.4 Å². The number of hydrogen-bond acceptors (Lipinski definition) is 3. The lowest BCUT2D eigenvalue weighted by Crippen LogP contribution is -2.69. The van der Waals surface area contributed by atoms with E-state index < -0.39 is 12.1 Å². The maximum Gasteiger partial charge on any atom is 0.254 e. The number of carbonyl (C=O) groups is 3. The van der Waals surface area contributed by atoms with Crippen LogP contribution in [0.1, 0.15) is 35.7 Å². The molecular formula is C18H23N3O3. The van der Waals surface area contributed by atoms with Crippen LogP contribution in [0.2, 0.25) is 0 Å². The van der Waals surface area contributed by atoms with Crippen molar-refractivity contribution in [2.45, 2.75) is 38.8 Å². The van der Waals surface area contributed by atoms with Crippen LogP contribution in [0.4, 0.5) is 0 Å². The SMILES string of the molecule is CCC[C@@H]1NC(=O)[C@H]2CN(C(=O)c3cccc(C)c3)CCN2C1=O. The molecule has 0 aliphatic carbocycles. The maximum absolute atomic E-state index is 12.7. The first-order chi connectivity index (χ1) is 11.5. The number of fused-ring (bicyclic) bond motifs is 1. The van der Waals surface area contributed by atoms with Crippen LogP contribution in [0, 0.1) is 6.92 Å². The fourth-order valence-electron chi connectivity index (χ4n) is 3.43. The highest BCUT2D eigenvalue weighted by Crippen LogP contribution is 2.20. The van der Waals surface area contributed by atoms with Crippen LogP contribution < -0.4 is 5.32 Å². The molecule has 2 fully saturated rings. The van der Waals surface area contributed by atoms with Gasteiger partial charge in [0.1, 0.15) is 12.1 Å². The molecule has 3 amide bonds. The summed E-state index contributed by atoms with van der Waals surface area (Å²) in [4.78, 5) is 40.8. The Hall–Kier alpha value is -2.37. The Bertz CT molecular complexity index is 673. The number of benzene rings is 1. The predicted molar refractivity (Wildman–Crippen MR) is 89.4 cm³/mol. The van der Waals surface area contributed by atoms with Crippen molar-refractivity contribution in [3.8, 4) is 0 Å². The van der Waals surface area contributed by atoms with E-state index in [2.05, 4.69) is 5.32 Å². The number of carbonyl (C=O) groups excluding carboxylic acids is 3. The van der Waals surface area contributed by atoms with Crippen molar-refractivity contribution >= 4 is 17.7 Å². The molecule has 0 aromatic heterocycles. The molecule has 0 spiro atoms. The Morgan fingerprint density at radius 2 is 2.08 bits per heavy atom. The number of nitrogens with one attached hydrogen (secondary N) is 1. The lowest BCUT2D eigenvalue weighted by Gasteiger charge is -2.45. The van der Waals surface area contributed by atoms with Crippen LogP contribution in [-0.2, 0) is 9.59 Å². The molecule has 1 aromatic carbocycles. The largest absolute Gasteiger partial charge is 0.342 e. The monoisotopic (exact) mass is 329 g/mol. The number of rotatable bonds is 3. The Morgan fingerprint density at radius 3 is 2.79 bits per heavy atom. The van der Waals surface area contributed by atoms with Gasteiger partial charge in [0.05, 0.1) is 6.54 Å². The highest BCUT2D eigenvalue weighted by molar-refractivity contribution is 5.99. The van der Waals surface area contributed by atoms with Gasteiger partial charge in [-0.05, 0) is 25.5 Å². The number of hydrogen-bond donors (Lipinski definition) is 1. The lowest BCUT2D eigenvalue weighted by atomic mass is 10.0. The minimum absolute atomic E-state index is 0.0240. The average molecular weight is 329 g/mol. The van der Waals surface area contributed by atoms with Gasteiger partial charge in [-0.3, -0.25) is 14.4 Å². The molecule has 1 N–H and O–H groups in total. The van der Waals surface area contributed by atoms with Crippen molar-refractivity contribution in [2.75, 3.05) is 19.6 Å². The normalized spacial score (nSPS) is 23.8. The summed E-state index contributed by atoms with van der Waals surface area (Å²) >= 11 is 0. The van der Waals surface area contributed by atoms with Gasteiger partial charge in [-0.2, -0.15) is 0 Å². The average Bonchev–Trinajstić information content (AvgIpc) is 2.58. The van der Waals surface area contributed by atoms with Crippen molar-refractivity contribution < 1.29 is 14.4 Å². The summed E-state index contributed by atoms with van der Waals surface area (Å²) in [5, 5.41) is 2.81. The van der Waals surface area contributed by atoms with Crippen molar-refractivity contribution in [1.82, 2.24) is 15.1 Å². The van der Waals surface area contributed by atoms with Crippen LogP contribution in [0.15, 0.2) is 24.3 Å². The fraction of sp³-hybridized carbons (Fsp3) is 0.500. The summed E-state index contributed by atoms with van der Waals surface area (Å²) in [7, 11) is 0. The minimum Gasteiger partial charge on any atom is -0.342 e. The molecule has 1 aromatic rings. The fourth-order valence-corrected chi connectivity index (χ4v) is 3.43. The first-order valence-corrected chi connectivity index (χ1v) is 8.48. The third-order valence-corrected chi connectivity index (χ3v) is 4.71. The van der Waals surface area contributed by atoms with Crippen LogP contribution in [-0.4, -0.2) is 59.2 Å². The van der Waals surface area contributed by atoms with Gasteiger partial charge >= 0.3 is 0 Å². The molecule has 2 aliphatic rings. The summed E-state index contributed by atoms with van der Waals surface area (Å²) in [6, 6.07) is 6.43. The number of piperazine rings is 2. The Balaban J connectivity index is 1.74. The first kappa shape index (κ1) is 16.5. The molecule has 0 radical (unpaired) electrons. The molecule has 3 rings (SSSR count). The van der Waals surface area contributed by atoms with Crippen LogP contribution in [0.5, 0.6) is 0 Å². The predicted octanol–water partition coefficient (Wildman–Crippen LogP) is 0.947. The van der Waals surface area contributed by atoms with E-state index in [1.807, 2.05) is 32.0 Å². The zero-order chi connectivity index (χ0) is 17.3. The summed E-state index contributed by atoms with van der Waals surface area (Å²) in [6.45, 7) is 5.05. The molecule has 2 atom stereocenters. The Kier molecular flexibility index (Phi) is 4.55. The van der Waals surface area contributed by atoms with E-state index in [0.29, 0.717) is 25.1 Å². The smallest absolute Gasteiger partial charge is 0.254 e. The summed E-state index contributed by atoms with van der Waals surface area (Å²) in [5.74, 6) is -0.270. The third-order valence-electron chi connectivity index (χ3n) is 4.71. The Morgan fingerprint density at radius 1 is 1.29 bits per heavy atom. The zero-order valence-corrected chi connectivity index (χ0v) is 14.1. The summed E-state index contributed by atoms with van der Waals surface area (Å²) < 4.78 is 0. The standard InChI is InChI=1S/C18H23N3O3/c1-3-5-14-18(24)21-9-8-20(11-15(21)16(22)19-14)17(23)13-7-4-6-12(2)10-13/h4,6-7,10,14-15H,3,5,8-9,11H2,1-2H3,(H,19,22)/t14-,15+/m0/s1. The number of aryl methyl sites for hydroxylation is 1. The third kappa shape index (κ3) is 3.00. The molecule has 6 nitrogen and oxygen atoms in total. The van der Waals surface area contributed by atoms with Crippen molar-refractivity contribution in [3.63, 3.8) is 0 Å². The molecular weight excluding hydrogens is 306 g/mol. The molecule has 24 heavy (non-hydrogen) atoms. The molecule has 2 saturated heterocycles. The molecule has 0 unspecified atom stereocenters. The maximum atomic E-state index is 12.7. The Labute approximate surface area is 141 Å². The molecule has 0 saturated carbocycles. The second-order valence-corrected chi connectivity index (χ2v) is 6.52. The van der Waals surface area contributed by atoms with Crippen LogP contribution in [0.3, 0.4) is 0 Å². The summed E-state index contributed by atoms with van der Waals surface area (Å²) in [6.07, 6.45) is 1.49. The first-order valence-electron chi connectivity index (χ1n) is 8.48. The minimum atomic E-state index is -0.576. The van der Waals surface area contributed by atoms with Gasteiger partial charge in [0.15, 0.2) is 0 Å². The van der Waals surface area contributed by atoms with Crippen molar-refractivity contribution in [3.05, 3.63) is 35.4 Å². The van der Waals surface area contributed by atoms with Crippen LogP contribution >= 0.6 is 0 Å². The molecule has 6 heteroatoms. The topological polar surface area (TPSA) is 69.7 Å². The van der Waals surface area contributed by atoms with Gasteiger partial charge < -0.3 is 15.1 Å². The van der Waals surface area contributed by atoms with Crippen molar-refractivity contribution in [2.24, 2.45) is 0 Å².